The molecule has 4 heteroatoms. The molecular formula is C17H11FN2O. The molecule has 2 aromatic rings. The predicted octanol–water partition coefficient (Wildman–Crippen LogP) is 3.93. The molecule has 0 N–H and O–H groups in total. The van der Waals surface area contributed by atoms with E-state index in [1.54, 1.807) is 36.4 Å². The van der Waals surface area contributed by atoms with Crippen LogP contribution in [0, 0.1) is 28.5 Å². The molecule has 0 bridgehead atoms. The van der Waals surface area contributed by atoms with Crippen molar-refractivity contribution in [2.24, 2.45) is 0 Å². The second kappa shape index (κ2) is 6.36. The van der Waals surface area contributed by atoms with Crippen molar-refractivity contribution in [2.75, 3.05) is 7.11 Å². The monoisotopic (exact) mass is 278 g/mol. The Kier molecular flexibility index (Phi) is 4.33. The molecule has 0 heterocycles. The van der Waals surface area contributed by atoms with E-state index in [1.165, 1.54) is 25.3 Å². The van der Waals surface area contributed by atoms with E-state index >= 15 is 0 Å². The predicted molar refractivity (Wildman–Crippen MR) is 77.6 cm³/mol. The maximum absolute atomic E-state index is 13.4. The van der Waals surface area contributed by atoms with E-state index < -0.39 is 0 Å². The lowest BCUT2D eigenvalue weighted by atomic mass is 10.0. The highest BCUT2D eigenvalue weighted by Crippen LogP contribution is 2.31. The molecule has 2 aromatic carbocycles. The number of hydrogen-bond donors (Lipinski definition) is 0. The topological polar surface area (TPSA) is 56.8 Å². The van der Waals surface area contributed by atoms with E-state index in [0.29, 0.717) is 16.9 Å². The van der Waals surface area contributed by atoms with Crippen molar-refractivity contribution in [1.82, 2.24) is 0 Å². The fraction of sp³-hybridized carbons (Fsp3) is 0.0588. The summed E-state index contributed by atoms with van der Waals surface area (Å²) in [5.41, 5.74) is 2.06. The highest BCUT2D eigenvalue weighted by Gasteiger charge is 2.07. The summed E-state index contributed by atoms with van der Waals surface area (Å²) in [7, 11) is 1.52. The lowest BCUT2D eigenvalue weighted by Crippen LogP contribution is -1.89. The molecule has 0 aliphatic carbocycles. The van der Waals surface area contributed by atoms with Crippen molar-refractivity contribution in [3.05, 3.63) is 59.4 Å². The Morgan fingerprint density at radius 1 is 1.14 bits per heavy atom. The zero-order chi connectivity index (χ0) is 15.2. The number of nitriles is 2. The summed E-state index contributed by atoms with van der Waals surface area (Å²) in [6.45, 7) is 0. The van der Waals surface area contributed by atoms with E-state index in [9.17, 15) is 4.39 Å². The number of nitrogens with zero attached hydrogens (tertiary/aromatic N) is 2. The van der Waals surface area contributed by atoms with E-state index in [-0.39, 0.29) is 11.4 Å². The van der Waals surface area contributed by atoms with Crippen molar-refractivity contribution in [3.63, 3.8) is 0 Å². The number of rotatable bonds is 3. The fourth-order valence-electron chi connectivity index (χ4n) is 1.96. The third-order valence-electron chi connectivity index (χ3n) is 2.91. The van der Waals surface area contributed by atoms with Crippen molar-refractivity contribution in [2.45, 2.75) is 0 Å². The van der Waals surface area contributed by atoms with Crippen LogP contribution < -0.4 is 4.74 Å². The molecule has 0 amide bonds. The largest absolute Gasteiger partial charge is 0.496 e. The van der Waals surface area contributed by atoms with E-state index in [0.717, 1.165) is 5.56 Å². The summed E-state index contributed by atoms with van der Waals surface area (Å²) >= 11 is 0. The van der Waals surface area contributed by atoms with Gasteiger partial charge < -0.3 is 4.74 Å². The third kappa shape index (κ3) is 3.26. The van der Waals surface area contributed by atoms with Gasteiger partial charge in [-0.1, -0.05) is 18.2 Å². The molecule has 0 unspecified atom stereocenters. The van der Waals surface area contributed by atoms with Crippen LogP contribution >= 0.6 is 0 Å². The maximum atomic E-state index is 13.4. The van der Waals surface area contributed by atoms with Gasteiger partial charge in [-0.2, -0.15) is 10.5 Å². The Morgan fingerprint density at radius 3 is 2.57 bits per heavy atom. The number of benzene rings is 2. The number of allylic oxidation sites excluding steroid dienone is 1. The van der Waals surface area contributed by atoms with E-state index in [4.69, 9.17) is 15.3 Å². The van der Waals surface area contributed by atoms with Gasteiger partial charge in [0.2, 0.25) is 0 Å². The average molecular weight is 278 g/mol. The smallest absolute Gasteiger partial charge is 0.130 e. The normalized spacial score (nSPS) is 9.33. The van der Waals surface area contributed by atoms with Gasteiger partial charge in [-0.3, -0.25) is 0 Å². The van der Waals surface area contributed by atoms with Gasteiger partial charge in [-0.15, -0.1) is 0 Å². The van der Waals surface area contributed by atoms with Gasteiger partial charge in [0, 0.05) is 5.56 Å². The zero-order valence-corrected chi connectivity index (χ0v) is 11.3. The molecular weight excluding hydrogens is 267 g/mol. The summed E-state index contributed by atoms with van der Waals surface area (Å²) in [5.74, 6) is 0.194. The Labute approximate surface area is 122 Å². The molecule has 0 saturated heterocycles. The second-order valence-corrected chi connectivity index (χ2v) is 4.25. The number of methoxy groups -OCH3 is 1. The van der Waals surface area contributed by atoms with Crippen molar-refractivity contribution in [1.29, 1.82) is 10.5 Å². The molecule has 21 heavy (non-hydrogen) atoms. The number of hydrogen-bond acceptors (Lipinski definition) is 3. The van der Waals surface area contributed by atoms with Gasteiger partial charge in [0.15, 0.2) is 0 Å². The molecule has 0 fully saturated rings. The third-order valence-corrected chi connectivity index (χ3v) is 2.91. The summed E-state index contributed by atoms with van der Waals surface area (Å²) in [6.07, 6.45) is 1.48. The molecule has 0 aromatic heterocycles. The molecule has 0 radical (unpaired) electrons. The van der Waals surface area contributed by atoms with Crippen LogP contribution in [-0.2, 0) is 0 Å². The Morgan fingerprint density at radius 2 is 1.90 bits per heavy atom. The minimum Gasteiger partial charge on any atom is -0.496 e. The molecule has 102 valence electrons. The molecule has 2 rings (SSSR count). The standard InChI is InChI=1S/C17H11FN2O/c1-21-17-6-5-15(18)9-16(17)14-4-2-3-12(8-14)7-13(10-19)11-20/h2-9H,1H3. The summed E-state index contributed by atoms with van der Waals surface area (Å²) in [4.78, 5) is 0. The van der Waals surface area contributed by atoms with Crippen molar-refractivity contribution >= 4 is 6.08 Å². The van der Waals surface area contributed by atoms with Gasteiger partial charge in [-0.25, -0.2) is 4.39 Å². The highest BCUT2D eigenvalue weighted by molar-refractivity contribution is 5.74. The van der Waals surface area contributed by atoms with Crippen LogP contribution in [0.25, 0.3) is 17.2 Å². The zero-order valence-electron chi connectivity index (χ0n) is 11.3. The first-order valence-corrected chi connectivity index (χ1v) is 6.14. The summed E-state index contributed by atoms with van der Waals surface area (Å²) in [5, 5.41) is 17.6. The van der Waals surface area contributed by atoms with Crippen LogP contribution in [0.2, 0.25) is 0 Å². The Balaban J connectivity index is 2.53. The number of ether oxygens (including phenoxy) is 1. The van der Waals surface area contributed by atoms with Crippen LogP contribution in [0.3, 0.4) is 0 Å². The van der Waals surface area contributed by atoms with Gasteiger partial charge in [0.1, 0.15) is 29.3 Å². The van der Waals surface area contributed by atoms with Gasteiger partial charge in [0.05, 0.1) is 7.11 Å². The van der Waals surface area contributed by atoms with Crippen LogP contribution in [0.1, 0.15) is 5.56 Å². The minimum atomic E-state index is -0.360. The Bertz CT molecular complexity index is 766. The average Bonchev–Trinajstić information content (AvgIpc) is 2.52. The summed E-state index contributed by atoms with van der Waals surface area (Å²) in [6, 6.07) is 15.0. The molecule has 0 saturated carbocycles. The van der Waals surface area contributed by atoms with Crippen molar-refractivity contribution in [3.8, 4) is 29.0 Å². The van der Waals surface area contributed by atoms with Crippen LogP contribution in [-0.4, -0.2) is 7.11 Å². The van der Waals surface area contributed by atoms with Gasteiger partial charge in [0.25, 0.3) is 0 Å². The maximum Gasteiger partial charge on any atom is 0.130 e. The van der Waals surface area contributed by atoms with Gasteiger partial charge in [-0.05, 0) is 41.5 Å². The molecule has 0 aliphatic rings. The second-order valence-electron chi connectivity index (χ2n) is 4.25. The fourth-order valence-corrected chi connectivity index (χ4v) is 1.96. The van der Waals surface area contributed by atoms with Crippen LogP contribution in [0.5, 0.6) is 5.75 Å². The van der Waals surface area contributed by atoms with E-state index in [2.05, 4.69) is 0 Å². The lowest BCUT2D eigenvalue weighted by Gasteiger charge is -2.09. The first-order chi connectivity index (χ1) is 10.2. The Hall–Kier alpha value is -3.11. The molecule has 0 atom stereocenters. The molecule has 3 nitrogen and oxygen atoms in total. The minimum absolute atomic E-state index is 0.0124. The first kappa shape index (κ1) is 14.3. The number of halogens is 1. The first-order valence-electron chi connectivity index (χ1n) is 6.14. The van der Waals surface area contributed by atoms with Crippen LogP contribution in [0.4, 0.5) is 4.39 Å². The van der Waals surface area contributed by atoms with Crippen molar-refractivity contribution < 1.29 is 9.13 Å². The lowest BCUT2D eigenvalue weighted by molar-refractivity contribution is 0.415. The molecule has 0 aliphatic heterocycles. The van der Waals surface area contributed by atoms with Crippen LogP contribution in [0.15, 0.2) is 48.0 Å². The molecule has 0 spiro atoms. The summed E-state index contributed by atoms with van der Waals surface area (Å²) < 4.78 is 18.7. The van der Waals surface area contributed by atoms with E-state index in [1.807, 2.05) is 6.07 Å². The highest BCUT2D eigenvalue weighted by atomic mass is 19.1. The SMILES string of the molecule is COc1ccc(F)cc1-c1cccc(C=C(C#N)C#N)c1. The van der Waals surface area contributed by atoms with Gasteiger partial charge >= 0.3 is 0 Å². The quantitative estimate of drug-likeness (QED) is 0.799.